The molecule has 25 heavy (non-hydrogen) atoms. The molecule has 126 valence electrons. The molecule has 2 heterocycles. The van der Waals surface area contributed by atoms with Crippen molar-refractivity contribution in [2.45, 2.75) is 32.1 Å². The molecular weight excluding hydrogens is 314 g/mol. The van der Waals surface area contributed by atoms with Gasteiger partial charge in [0.15, 0.2) is 0 Å². The molecule has 0 unspecified atom stereocenters. The van der Waals surface area contributed by atoms with Gasteiger partial charge in [-0.3, -0.25) is 4.79 Å². The largest absolute Gasteiger partial charge is 0.493 e. The number of rotatable bonds is 3. The van der Waals surface area contributed by atoms with Crippen LogP contribution in [0.2, 0.25) is 0 Å². The molecule has 0 bridgehead atoms. The first kappa shape index (κ1) is 14.6. The SMILES string of the molecule is O=C(Cc1coc2cc3c(cc12)CCC3)Nc1ccc2c(c1)CCO2. The summed E-state index contributed by atoms with van der Waals surface area (Å²) in [4.78, 5) is 12.5. The smallest absolute Gasteiger partial charge is 0.228 e. The molecule has 3 aromatic rings. The van der Waals surface area contributed by atoms with Crippen LogP contribution < -0.4 is 10.1 Å². The topological polar surface area (TPSA) is 51.5 Å². The first-order valence-corrected chi connectivity index (χ1v) is 8.84. The van der Waals surface area contributed by atoms with Crippen molar-refractivity contribution >= 4 is 22.6 Å². The predicted octanol–water partition coefficient (Wildman–Crippen LogP) is 4.04. The van der Waals surface area contributed by atoms with Gasteiger partial charge >= 0.3 is 0 Å². The summed E-state index contributed by atoms with van der Waals surface area (Å²) in [7, 11) is 0. The zero-order chi connectivity index (χ0) is 16.8. The summed E-state index contributed by atoms with van der Waals surface area (Å²) < 4.78 is 11.2. The van der Waals surface area contributed by atoms with Crippen LogP contribution in [0.4, 0.5) is 5.69 Å². The van der Waals surface area contributed by atoms with Gasteiger partial charge in [-0.25, -0.2) is 0 Å². The molecule has 0 radical (unpaired) electrons. The van der Waals surface area contributed by atoms with Gasteiger partial charge in [-0.1, -0.05) is 0 Å². The number of fused-ring (bicyclic) bond motifs is 3. The van der Waals surface area contributed by atoms with Crippen LogP contribution in [0, 0.1) is 0 Å². The number of carbonyl (C=O) groups excluding carboxylic acids is 1. The van der Waals surface area contributed by atoms with Crippen molar-refractivity contribution in [1.82, 2.24) is 0 Å². The van der Waals surface area contributed by atoms with E-state index < -0.39 is 0 Å². The highest BCUT2D eigenvalue weighted by Crippen LogP contribution is 2.31. The second-order valence-corrected chi connectivity index (χ2v) is 6.88. The van der Waals surface area contributed by atoms with E-state index in [-0.39, 0.29) is 5.91 Å². The van der Waals surface area contributed by atoms with Crippen LogP contribution in [0.15, 0.2) is 41.0 Å². The molecule has 0 saturated carbocycles. The molecule has 1 aliphatic heterocycles. The Hall–Kier alpha value is -2.75. The van der Waals surface area contributed by atoms with Crippen molar-refractivity contribution < 1.29 is 13.9 Å². The predicted molar refractivity (Wildman–Crippen MR) is 96.2 cm³/mol. The molecule has 2 aliphatic rings. The van der Waals surface area contributed by atoms with Gasteiger partial charge in [0.2, 0.25) is 5.91 Å². The Morgan fingerprint density at radius 1 is 1.04 bits per heavy atom. The number of carbonyl (C=O) groups is 1. The number of nitrogens with one attached hydrogen (secondary N) is 1. The number of furan rings is 1. The monoisotopic (exact) mass is 333 g/mol. The van der Waals surface area contributed by atoms with Crippen LogP contribution in [0.3, 0.4) is 0 Å². The summed E-state index contributed by atoms with van der Waals surface area (Å²) in [5, 5.41) is 4.06. The summed E-state index contributed by atoms with van der Waals surface area (Å²) in [6, 6.07) is 10.2. The molecule has 2 aromatic carbocycles. The van der Waals surface area contributed by atoms with Crippen molar-refractivity contribution in [2.75, 3.05) is 11.9 Å². The van der Waals surface area contributed by atoms with Gasteiger partial charge in [-0.2, -0.15) is 0 Å². The summed E-state index contributed by atoms with van der Waals surface area (Å²) in [5.41, 5.74) is 6.60. The molecule has 0 spiro atoms. The number of ether oxygens (including phenoxy) is 1. The van der Waals surface area contributed by atoms with Crippen molar-refractivity contribution in [3.63, 3.8) is 0 Å². The maximum absolute atomic E-state index is 12.5. The van der Waals surface area contributed by atoms with E-state index in [9.17, 15) is 4.79 Å². The first-order chi connectivity index (χ1) is 12.3. The van der Waals surface area contributed by atoms with Crippen LogP contribution in [0.5, 0.6) is 5.75 Å². The van der Waals surface area contributed by atoms with E-state index in [1.807, 2.05) is 18.2 Å². The van der Waals surface area contributed by atoms with Gasteiger partial charge in [0.05, 0.1) is 19.3 Å². The zero-order valence-electron chi connectivity index (χ0n) is 13.9. The quantitative estimate of drug-likeness (QED) is 0.787. The fourth-order valence-corrected chi connectivity index (χ4v) is 3.93. The number of benzene rings is 2. The molecule has 0 fully saturated rings. The fourth-order valence-electron chi connectivity index (χ4n) is 3.93. The lowest BCUT2D eigenvalue weighted by Crippen LogP contribution is -2.14. The molecule has 0 saturated heterocycles. The van der Waals surface area contributed by atoms with Crippen LogP contribution in [-0.2, 0) is 30.5 Å². The third-order valence-electron chi connectivity index (χ3n) is 5.19. The van der Waals surface area contributed by atoms with Crippen LogP contribution in [-0.4, -0.2) is 12.5 Å². The number of hydrogen-bond acceptors (Lipinski definition) is 3. The van der Waals surface area contributed by atoms with Gasteiger partial charge in [-0.05, 0) is 66.3 Å². The number of aryl methyl sites for hydroxylation is 2. The van der Waals surface area contributed by atoms with Gasteiger partial charge in [0.1, 0.15) is 11.3 Å². The summed E-state index contributed by atoms with van der Waals surface area (Å²) >= 11 is 0. The molecule has 5 rings (SSSR count). The molecule has 0 atom stereocenters. The molecular formula is C21H19NO3. The Labute approximate surface area is 145 Å². The highest BCUT2D eigenvalue weighted by molar-refractivity contribution is 5.95. The van der Waals surface area contributed by atoms with Gasteiger partial charge in [0, 0.05) is 23.1 Å². The highest BCUT2D eigenvalue weighted by atomic mass is 16.5. The van der Waals surface area contributed by atoms with E-state index >= 15 is 0 Å². The van der Waals surface area contributed by atoms with E-state index in [4.69, 9.17) is 9.15 Å². The summed E-state index contributed by atoms with van der Waals surface area (Å²) in [6.07, 6.45) is 6.40. The van der Waals surface area contributed by atoms with E-state index in [1.54, 1.807) is 6.26 Å². The Kier molecular flexibility index (Phi) is 3.30. The van der Waals surface area contributed by atoms with E-state index in [0.717, 1.165) is 59.4 Å². The summed E-state index contributed by atoms with van der Waals surface area (Å²) in [6.45, 7) is 0.720. The lowest BCUT2D eigenvalue weighted by molar-refractivity contribution is -0.115. The summed E-state index contributed by atoms with van der Waals surface area (Å²) in [5.74, 6) is 0.898. The van der Waals surface area contributed by atoms with E-state index in [1.165, 1.54) is 17.5 Å². The fraction of sp³-hybridized carbons (Fsp3) is 0.286. The first-order valence-electron chi connectivity index (χ1n) is 8.84. The maximum Gasteiger partial charge on any atom is 0.228 e. The third kappa shape index (κ3) is 2.58. The Morgan fingerprint density at radius 2 is 1.92 bits per heavy atom. The van der Waals surface area contributed by atoms with Crippen molar-refractivity contribution in [3.05, 3.63) is 58.8 Å². The van der Waals surface area contributed by atoms with Gasteiger partial charge < -0.3 is 14.5 Å². The van der Waals surface area contributed by atoms with E-state index in [2.05, 4.69) is 17.4 Å². The molecule has 4 heteroatoms. The van der Waals surface area contributed by atoms with Gasteiger partial charge in [0.25, 0.3) is 0 Å². The number of hydrogen-bond donors (Lipinski definition) is 1. The second kappa shape index (κ2) is 5.66. The molecule has 1 aromatic heterocycles. The minimum atomic E-state index is -0.0259. The minimum absolute atomic E-state index is 0.0259. The number of amides is 1. The highest BCUT2D eigenvalue weighted by Gasteiger charge is 2.17. The molecule has 1 N–H and O–H groups in total. The lowest BCUT2D eigenvalue weighted by atomic mass is 10.0. The van der Waals surface area contributed by atoms with Crippen LogP contribution in [0.1, 0.15) is 28.7 Å². The Balaban J connectivity index is 1.36. The zero-order valence-corrected chi connectivity index (χ0v) is 13.9. The van der Waals surface area contributed by atoms with Crippen LogP contribution in [0.25, 0.3) is 11.0 Å². The second-order valence-electron chi connectivity index (χ2n) is 6.88. The average molecular weight is 333 g/mol. The number of anilines is 1. The van der Waals surface area contributed by atoms with Crippen molar-refractivity contribution in [2.24, 2.45) is 0 Å². The Bertz CT molecular complexity index is 986. The standard InChI is InChI=1S/C21H19NO3/c23-21(22-17-4-5-19-15(8-17)6-7-24-19)11-16-12-25-20-10-14-3-1-2-13(14)9-18(16)20/h4-5,8-10,12H,1-3,6-7,11H2,(H,22,23). The normalized spacial score (nSPS) is 15.0. The molecule has 1 aliphatic carbocycles. The molecule has 1 amide bonds. The average Bonchev–Trinajstić information content (AvgIpc) is 3.32. The Morgan fingerprint density at radius 3 is 2.84 bits per heavy atom. The van der Waals surface area contributed by atoms with E-state index in [0.29, 0.717) is 6.42 Å². The molecule has 4 nitrogen and oxygen atoms in total. The van der Waals surface area contributed by atoms with Gasteiger partial charge in [-0.15, -0.1) is 0 Å². The minimum Gasteiger partial charge on any atom is -0.493 e. The van der Waals surface area contributed by atoms with Crippen molar-refractivity contribution in [1.29, 1.82) is 0 Å². The van der Waals surface area contributed by atoms with Crippen molar-refractivity contribution in [3.8, 4) is 5.75 Å². The third-order valence-corrected chi connectivity index (χ3v) is 5.19. The lowest BCUT2D eigenvalue weighted by Gasteiger charge is -2.07. The van der Waals surface area contributed by atoms with Crippen LogP contribution >= 0.6 is 0 Å². The maximum atomic E-state index is 12.5.